The number of benzene rings is 2. The van der Waals surface area contributed by atoms with E-state index in [1.807, 2.05) is 36.4 Å². The molecule has 4 rings (SSSR count). The second-order valence-electron chi connectivity index (χ2n) is 6.13. The molecule has 1 unspecified atom stereocenters. The molecule has 122 valence electrons. The summed E-state index contributed by atoms with van der Waals surface area (Å²) in [4.78, 5) is 24.7. The molecule has 1 saturated heterocycles. The number of fused-ring (bicyclic) bond motifs is 3. The maximum Gasteiger partial charge on any atom is 0.210 e. The van der Waals surface area contributed by atoms with Crippen molar-refractivity contribution in [2.24, 2.45) is 0 Å². The minimum absolute atomic E-state index is 0.0362. The number of hydrogen-bond acceptors (Lipinski definition) is 4. The predicted octanol–water partition coefficient (Wildman–Crippen LogP) is 3.11. The highest BCUT2D eigenvalue weighted by molar-refractivity contribution is 6.09. The number of furan rings is 1. The topological polar surface area (TPSA) is 59.8 Å². The van der Waals surface area contributed by atoms with Gasteiger partial charge in [0.2, 0.25) is 6.41 Å². The number of piperidine rings is 1. The van der Waals surface area contributed by atoms with Crippen molar-refractivity contribution in [1.29, 1.82) is 0 Å². The Hall–Kier alpha value is -2.82. The molecule has 0 spiro atoms. The van der Waals surface area contributed by atoms with Crippen molar-refractivity contribution < 1.29 is 18.7 Å². The molecule has 1 aliphatic rings. The molecule has 5 heteroatoms. The molecule has 1 fully saturated rings. The first-order valence-corrected chi connectivity index (χ1v) is 7.90. The maximum absolute atomic E-state index is 12.0. The Morgan fingerprint density at radius 1 is 1.25 bits per heavy atom. The Bertz CT molecular complexity index is 943. The highest BCUT2D eigenvalue weighted by Gasteiger charge is 2.29. The van der Waals surface area contributed by atoms with Crippen LogP contribution in [-0.2, 0) is 9.59 Å². The number of methoxy groups -OCH3 is 1. The molecule has 3 aromatic rings. The molecule has 2 heterocycles. The maximum atomic E-state index is 12.0. The molecule has 0 saturated carbocycles. The molecule has 1 aromatic heterocycles. The van der Waals surface area contributed by atoms with Gasteiger partial charge < -0.3 is 14.1 Å². The lowest BCUT2D eigenvalue weighted by molar-refractivity contribution is -0.129. The van der Waals surface area contributed by atoms with Crippen LogP contribution in [0.2, 0.25) is 0 Å². The van der Waals surface area contributed by atoms with E-state index in [1.165, 1.54) is 4.90 Å². The van der Waals surface area contributed by atoms with Crippen LogP contribution >= 0.6 is 0 Å². The molecule has 0 bridgehead atoms. The van der Waals surface area contributed by atoms with Crippen LogP contribution in [-0.4, -0.2) is 37.3 Å². The van der Waals surface area contributed by atoms with Crippen molar-refractivity contribution in [2.75, 3.05) is 20.2 Å². The number of rotatable bonds is 3. The number of carbonyl (C=O) groups is 2. The van der Waals surface area contributed by atoms with Gasteiger partial charge in [0.1, 0.15) is 5.58 Å². The number of ether oxygens (including phenoxy) is 1. The smallest absolute Gasteiger partial charge is 0.210 e. The third-order valence-corrected chi connectivity index (χ3v) is 4.64. The van der Waals surface area contributed by atoms with Crippen LogP contribution in [0.25, 0.3) is 21.9 Å². The molecule has 0 radical (unpaired) electrons. The second-order valence-corrected chi connectivity index (χ2v) is 6.13. The normalized spacial score (nSPS) is 18.3. The Morgan fingerprint density at radius 2 is 2.08 bits per heavy atom. The zero-order valence-corrected chi connectivity index (χ0v) is 13.3. The van der Waals surface area contributed by atoms with Gasteiger partial charge >= 0.3 is 0 Å². The highest BCUT2D eigenvalue weighted by atomic mass is 16.5. The van der Waals surface area contributed by atoms with Crippen molar-refractivity contribution in [2.45, 2.75) is 12.3 Å². The molecule has 5 nitrogen and oxygen atoms in total. The summed E-state index contributed by atoms with van der Waals surface area (Å²) in [5, 5.41) is 1.97. The van der Waals surface area contributed by atoms with Crippen LogP contribution in [0.4, 0.5) is 0 Å². The molecule has 1 atom stereocenters. The number of carbonyl (C=O) groups excluding carboxylic acids is 2. The highest BCUT2D eigenvalue weighted by Crippen LogP contribution is 2.41. The third-order valence-electron chi connectivity index (χ3n) is 4.64. The van der Waals surface area contributed by atoms with Gasteiger partial charge in [0.05, 0.1) is 13.7 Å². The second kappa shape index (κ2) is 5.67. The van der Waals surface area contributed by atoms with E-state index in [4.69, 9.17) is 9.15 Å². The van der Waals surface area contributed by atoms with Crippen LogP contribution in [0.1, 0.15) is 17.9 Å². The molecule has 1 aliphatic heterocycles. The fraction of sp³-hybridized carbons (Fsp3) is 0.263. The summed E-state index contributed by atoms with van der Waals surface area (Å²) >= 11 is 0. The quantitative estimate of drug-likeness (QED) is 0.695. The third kappa shape index (κ3) is 2.24. The van der Waals surface area contributed by atoms with E-state index >= 15 is 0 Å². The zero-order chi connectivity index (χ0) is 16.7. The van der Waals surface area contributed by atoms with Crippen LogP contribution in [0, 0.1) is 0 Å². The molecule has 0 N–H and O–H groups in total. The Morgan fingerprint density at radius 3 is 2.88 bits per heavy atom. The average molecular weight is 323 g/mol. The van der Waals surface area contributed by atoms with Gasteiger partial charge in [0.25, 0.3) is 0 Å². The van der Waals surface area contributed by atoms with Crippen molar-refractivity contribution in [3.63, 3.8) is 0 Å². The van der Waals surface area contributed by atoms with Gasteiger partial charge in [0.15, 0.2) is 17.1 Å². The monoisotopic (exact) mass is 323 g/mol. The molecule has 0 aliphatic carbocycles. The van der Waals surface area contributed by atoms with Gasteiger partial charge in [-0.2, -0.15) is 0 Å². The van der Waals surface area contributed by atoms with Crippen LogP contribution in [0.5, 0.6) is 5.75 Å². The summed E-state index contributed by atoms with van der Waals surface area (Å²) in [5.41, 5.74) is 2.50. The van der Waals surface area contributed by atoms with Gasteiger partial charge in [0, 0.05) is 29.7 Å². The van der Waals surface area contributed by atoms with E-state index < -0.39 is 0 Å². The summed E-state index contributed by atoms with van der Waals surface area (Å²) < 4.78 is 11.4. The summed E-state index contributed by atoms with van der Waals surface area (Å²) in [6.45, 7) is 0.738. The summed E-state index contributed by atoms with van der Waals surface area (Å²) in [5.74, 6) is 0.709. The first-order valence-electron chi connectivity index (χ1n) is 7.90. The lowest BCUT2D eigenvalue weighted by Crippen LogP contribution is -2.38. The van der Waals surface area contributed by atoms with Gasteiger partial charge in [-0.3, -0.25) is 9.59 Å². The number of hydrogen-bond donors (Lipinski definition) is 0. The number of likely N-dealkylation sites (tertiary alicyclic amines) is 1. The van der Waals surface area contributed by atoms with Gasteiger partial charge in [-0.1, -0.05) is 24.3 Å². The van der Waals surface area contributed by atoms with Gasteiger partial charge in [-0.05, 0) is 17.7 Å². The van der Waals surface area contributed by atoms with E-state index in [0.717, 1.165) is 28.3 Å². The zero-order valence-electron chi connectivity index (χ0n) is 13.3. The number of nitrogens with zero attached hydrogens (tertiary/aromatic N) is 1. The molecular formula is C19H17NO4. The Labute approximate surface area is 138 Å². The van der Waals surface area contributed by atoms with E-state index in [-0.39, 0.29) is 18.2 Å². The minimum atomic E-state index is -0.0362. The number of Topliss-reactive ketones (excluding diaryl/α,β-unsaturated/α-hetero) is 1. The Balaban J connectivity index is 1.95. The van der Waals surface area contributed by atoms with Crippen molar-refractivity contribution in [3.8, 4) is 5.75 Å². The Kier molecular flexibility index (Phi) is 3.49. The van der Waals surface area contributed by atoms with E-state index in [0.29, 0.717) is 24.3 Å². The van der Waals surface area contributed by atoms with E-state index in [9.17, 15) is 9.59 Å². The number of para-hydroxylation sites is 1. The van der Waals surface area contributed by atoms with Gasteiger partial charge in [-0.15, -0.1) is 0 Å². The van der Waals surface area contributed by atoms with Crippen molar-refractivity contribution in [3.05, 3.63) is 42.0 Å². The van der Waals surface area contributed by atoms with Crippen LogP contribution < -0.4 is 4.74 Å². The average Bonchev–Trinajstić information content (AvgIpc) is 3.00. The fourth-order valence-corrected chi connectivity index (χ4v) is 3.60. The number of amides is 1. The fourth-order valence-electron chi connectivity index (χ4n) is 3.60. The lowest BCUT2D eigenvalue weighted by atomic mass is 9.87. The number of ketones is 1. The first-order chi connectivity index (χ1) is 11.7. The molecular weight excluding hydrogens is 306 g/mol. The van der Waals surface area contributed by atoms with E-state index in [1.54, 1.807) is 7.11 Å². The van der Waals surface area contributed by atoms with E-state index in [2.05, 4.69) is 0 Å². The van der Waals surface area contributed by atoms with Crippen LogP contribution in [0.15, 0.2) is 40.8 Å². The van der Waals surface area contributed by atoms with Crippen molar-refractivity contribution in [1.82, 2.24) is 4.90 Å². The SMILES string of the molecule is COc1ccc(C2CC(=O)CN(C=O)C2)c2c1oc1ccccc12. The molecule has 24 heavy (non-hydrogen) atoms. The first kappa shape index (κ1) is 14.8. The standard InChI is InChI=1S/C19H17NO4/c1-23-17-7-6-14(12-8-13(22)10-20(9-12)11-21)18-15-4-2-3-5-16(15)24-19(17)18/h2-7,11-12H,8-10H2,1H3. The van der Waals surface area contributed by atoms with Gasteiger partial charge in [-0.25, -0.2) is 0 Å². The summed E-state index contributed by atoms with van der Waals surface area (Å²) in [6, 6.07) is 11.7. The minimum Gasteiger partial charge on any atom is -0.493 e. The summed E-state index contributed by atoms with van der Waals surface area (Å²) in [7, 11) is 1.61. The van der Waals surface area contributed by atoms with Crippen LogP contribution in [0.3, 0.4) is 0 Å². The molecule has 2 aromatic carbocycles. The predicted molar refractivity (Wildman–Crippen MR) is 90.3 cm³/mol. The largest absolute Gasteiger partial charge is 0.493 e. The summed E-state index contributed by atoms with van der Waals surface area (Å²) in [6.07, 6.45) is 1.18. The lowest BCUT2D eigenvalue weighted by Gasteiger charge is -2.29. The molecule has 1 amide bonds. The van der Waals surface area contributed by atoms with Crippen molar-refractivity contribution >= 4 is 34.1 Å².